The number of unbranched alkanes of at least 4 members (excludes halogenated alkanes) is 4. The fourth-order valence-electron chi connectivity index (χ4n) is 11.4. The number of carbonyl (C=O) groups excluding carboxylic acids is 3. The number of carbonyl (C=O) groups is 3. The average Bonchev–Trinajstić information content (AvgIpc) is 3.37. The van der Waals surface area contributed by atoms with Gasteiger partial charge in [0.2, 0.25) is 11.8 Å². The zero-order chi connectivity index (χ0) is 52.2. The maximum Gasteiger partial charge on any atom is 0.493 e. The number of hydrogen-bond donors (Lipinski definition) is 3. The standard InChI is InChI=1S/C30H37F3N4O3.C28H38N4O/c1-20-10-8-11-21(2)36(20)16-6-3-7-17-37-26-15-5-4-12-23(26)19-25(28(37)38)22-13-9-14-24(18-22)27(34)35-40-29(39)30(31,32)33;1-20-10-8-11-21(2)31(20)16-6-3-7-17-32-26-15-5-4-12-23(26)19-25(28(32)33)22-13-9-14-24(18-22)27(29)30/h4-5,9,12-15,18,20-21,25H,3,6-8,10-11,16-17,19H2,1-2H3,(H2,34,35);4-5,9,12-15,18,20-21,25H,3,6-8,10-11,16-17,19H2,1-2H3,(H3,29,30)/t2*20-,21+,25?. The number of piperidine rings is 2. The minimum Gasteiger partial charge on any atom is -0.384 e. The van der Waals surface area contributed by atoms with E-state index in [4.69, 9.17) is 16.9 Å². The van der Waals surface area contributed by atoms with Crippen LogP contribution >= 0.6 is 0 Å². The van der Waals surface area contributed by atoms with Crippen molar-refractivity contribution in [3.63, 3.8) is 0 Å². The molecule has 2 saturated heterocycles. The van der Waals surface area contributed by atoms with Gasteiger partial charge in [-0.15, -0.1) is 0 Å². The minimum absolute atomic E-state index is 0.0341. The molecule has 0 aromatic heterocycles. The molecule has 6 atom stereocenters. The van der Waals surface area contributed by atoms with Gasteiger partial charge in [-0.1, -0.05) is 104 Å². The Balaban J connectivity index is 0.000000218. The number of rotatable bonds is 17. The van der Waals surface area contributed by atoms with Crippen molar-refractivity contribution >= 4 is 40.8 Å². The molecular formula is C58H75F3N8O4. The van der Waals surface area contributed by atoms with Crippen LogP contribution in [-0.2, 0) is 32.1 Å². The first-order chi connectivity index (χ1) is 35.0. The highest BCUT2D eigenvalue weighted by Crippen LogP contribution is 2.38. The smallest absolute Gasteiger partial charge is 0.384 e. The SMILES string of the molecule is C[C@@H]1CCC[C@H](C)N1CCCCCN1C(=O)C(c2cccc(C(=N)N)c2)Cc2ccccc21.C[C@@H]1CCC[C@H](C)N1CCCCCN1C(=O)C(c2cccc(C(N)=NOC(=O)C(F)(F)F)c2)Cc2ccccc21. The van der Waals surface area contributed by atoms with E-state index in [0.717, 1.165) is 74.2 Å². The summed E-state index contributed by atoms with van der Waals surface area (Å²) in [5, 5.41) is 10.9. The predicted molar refractivity (Wildman–Crippen MR) is 284 cm³/mol. The highest BCUT2D eigenvalue weighted by Gasteiger charge is 2.42. The van der Waals surface area contributed by atoms with E-state index in [9.17, 15) is 27.6 Å². The quantitative estimate of drug-likeness (QED) is 0.0310. The molecule has 8 rings (SSSR count). The number of likely N-dealkylation sites (tertiary alicyclic amines) is 2. The molecule has 2 unspecified atom stereocenters. The lowest BCUT2D eigenvalue weighted by atomic mass is 9.85. The third-order valence-electron chi connectivity index (χ3n) is 15.5. The maximum atomic E-state index is 13.8. The molecule has 15 heteroatoms. The van der Waals surface area contributed by atoms with Gasteiger partial charge in [0, 0.05) is 59.8 Å². The average molecular weight is 1010 g/mol. The van der Waals surface area contributed by atoms with E-state index >= 15 is 0 Å². The normalized spacial score (nSPS) is 22.8. The van der Waals surface area contributed by atoms with E-state index in [1.54, 1.807) is 18.2 Å². The zero-order valence-corrected chi connectivity index (χ0v) is 43.1. The molecule has 4 heterocycles. The highest BCUT2D eigenvalue weighted by atomic mass is 19.4. The third kappa shape index (κ3) is 14.0. The molecule has 2 amide bonds. The van der Waals surface area contributed by atoms with Crippen molar-refractivity contribution in [1.29, 1.82) is 5.41 Å². The lowest BCUT2D eigenvalue weighted by Crippen LogP contribution is -2.44. The van der Waals surface area contributed by atoms with Gasteiger partial charge >= 0.3 is 12.1 Å². The fraction of sp³-hybridized carbons (Fsp3) is 0.500. The van der Waals surface area contributed by atoms with Gasteiger partial charge in [0.1, 0.15) is 5.84 Å². The predicted octanol–water partition coefficient (Wildman–Crippen LogP) is 10.6. The monoisotopic (exact) mass is 1000 g/mol. The molecule has 73 heavy (non-hydrogen) atoms. The van der Waals surface area contributed by atoms with Gasteiger partial charge in [-0.05, 0) is 152 Å². The van der Waals surface area contributed by atoms with E-state index in [2.05, 4.69) is 65.7 Å². The second kappa shape index (κ2) is 25.3. The number of halogens is 3. The molecule has 0 saturated carbocycles. The maximum absolute atomic E-state index is 13.8. The summed E-state index contributed by atoms with van der Waals surface area (Å²) in [7, 11) is 0. The van der Waals surface area contributed by atoms with Crippen molar-refractivity contribution in [2.24, 2.45) is 16.6 Å². The first kappa shape index (κ1) is 54.7. The number of fused-ring (bicyclic) bond motifs is 2. The van der Waals surface area contributed by atoms with E-state index in [1.165, 1.54) is 56.6 Å². The van der Waals surface area contributed by atoms with Gasteiger partial charge in [0.05, 0.1) is 11.8 Å². The number of nitrogen functional groups attached to an aromatic ring is 1. The molecule has 4 aliphatic heterocycles. The lowest BCUT2D eigenvalue weighted by Gasteiger charge is -2.39. The molecule has 0 bridgehead atoms. The summed E-state index contributed by atoms with van der Waals surface area (Å²) in [5.74, 6) is -3.40. The summed E-state index contributed by atoms with van der Waals surface area (Å²) >= 11 is 0. The first-order valence-corrected chi connectivity index (χ1v) is 26.5. The molecule has 0 spiro atoms. The zero-order valence-electron chi connectivity index (χ0n) is 43.1. The van der Waals surface area contributed by atoms with Crippen LogP contribution in [0, 0.1) is 5.41 Å². The Labute approximate surface area is 429 Å². The number of amidine groups is 2. The molecule has 4 aliphatic rings. The Morgan fingerprint density at radius 1 is 0.603 bits per heavy atom. The first-order valence-electron chi connectivity index (χ1n) is 26.5. The van der Waals surface area contributed by atoms with E-state index < -0.39 is 23.9 Å². The van der Waals surface area contributed by atoms with Gasteiger partial charge in [-0.3, -0.25) is 24.8 Å². The van der Waals surface area contributed by atoms with Gasteiger partial charge in [0.25, 0.3) is 0 Å². The van der Waals surface area contributed by atoms with Crippen LogP contribution in [0.2, 0.25) is 0 Å². The van der Waals surface area contributed by atoms with Crippen molar-refractivity contribution in [3.05, 3.63) is 130 Å². The van der Waals surface area contributed by atoms with Crippen LogP contribution in [0.5, 0.6) is 0 Å². The van der Waals surface area contributed by atoms with Crippen molar-refractivity contribution in [3.8, 4) is 0 Å². The highest BCUT2D eigenvalue weighted by molar-refractivity contribution is 6.03. The van der Waals surface area contributed by atoms with Crippen molar-refractivity contribution < 1.29 is 32.4 Å². The number of oxime groups is 1. The fourth-order valence-corrected chi connectivity index (χ4v) is 11.4. The van der Waals surface area contributed by atoms with Gasteiger partial charge in [-0.25, -0.2) is 4.79 Å². The van der Waals surface area contributed by atoms with E-state index in [-0.39, 0.29) is 29.1 Å². The Morgan fingerprint density at radius 2 is 1.01 bits per heavy atom. The van der Waals surface area contributed by atoms with Crippen molar-refractivity contribution in [2.75, 3.05) is 36.0 Å². The molecule has 392 valence electrons. The number of nitrogens with zero attached hydrogens (tertiary/aromatic N) is 5. The molecule has 2 fully saturated rings. The molecule has 4 aromatic carbocycles. The van der Waals surface area contributed by atoms with E-state index in [1.807, 2.05) is 64.4 Å². The molecule has 12 nitrogen and oxygen atoms in total. The lowest BCUT2D eigenvalue weighted by molar-refractivity contribution is -0.199. The van der Waals surface area contributed by atoms with Crippen LogP contribution in [0.3, 0.4) is 0 Å². The molecule has 0 aliphatic carbocycles. The van der Waals surface area contributed by atoms with Crippen LogP contribution in [0.4, 0.5) is 24.5 Å². The summed E-state index contributed by atoms with van der Waals surface area (Å²) in [6.45, 7) is 12.9. The second-order valence-corrected chi connectivity index (χ2v) is 20.6. The number of nitrogens with one attached hydrogen (secondary N) is 1. The van der Waals surface area contributed by atoms with Gasteiger partial charge in [0.15, 0.2) is 5.84 Å². The van der Waals surface area contributed by atoms with Crippen LogP contribution in [0.1, 0.15) is 150 Å². The number of hydrogen-bond acceptors (Lipinski definition) is 8. The summed E-state index contributed by atoms with van der Waals surface area (Å²) in [5.41, 5.74) is 18.3. The Morgan fingerprint density at radius 3 is 1.45 bits per heavy atom. The Bertz CT molecular complexity index is 2550. The third-order valence-corrected chi connectivity index (χ3v) is 15.5. The van der Waals surface area contributed by atoms with Crippen LogP contribution < -0.4 is 21.3 Å². The number of amides is 2. The Kier molecular flexibility index (Phi) is 18.9. The number of anilines is 2. The number of nitrogens with two attached hydrogens (primary N) is 2. The summed E-state index contributed by atoms with van der Waals surface area (Å²) in [6, 6.07) is 32.9. The number of para-hydroxylation sites is 2. The largest absolute Gasteiger partial charge is 0.493 e. The second-order valence-electron chi connectivity index (χ2n) is 20.6. The van der Waals surface area contributed by atoms with Crippen LogP contribution in [0.15, 0.2) is 102 Å². The van der Waals surface area contributed by atoms with Crippen molar-refractivity contribution in [1.82, 2.24) is 9.80 Å². The minimum atomic E-state index is -5.18. The molecule has 5 N–H and O–H groups in total. The molecular weight excluding hydrogens is 930 g/mol. The molecule has 4 aromatic rings. The van der Waals surface area contributed by atoms with Crippen LogP contribution in [0.25, 0.3) is 0 Å². The van der Waals surface area contributed by atoms with Crippen LogP contribution in [-0.4, -0.2) is 95.8 Å². The topological polar surface area (TPSA) is 162 Å². The number of benzene rings is 4. The van der Waals surface area contributed by atoms with Gasteiger partial charge in [-0.2, -0.15) is 13.2 Å². The summed E-state index contributed by atoms with van der Waals surface area (Å²) < 4.78 is 37.3. The van der Waals surface area contributed by atoms with Crippen molar-refractivity contribution in [2.45, 2.75) is 160 Å². The summed E-state index contributed by atoms with van der Waals surface area (Å²) in [4.78, 5) is 51.4. The van der Waals surface area contributed by atoms with Gasteiger partial charge < -0.3 is 26.1 Å². The molecule has 0 radical (unpaired) electrons. The summed E-state index contributed by atoms with van der Waals surface area (Å²) in [6.07, 6.45) is 10.1. The van der Waals surface area contributed by atoms with E-state index in [0.29, 0.717) is 54.7 Å². The number of alkyl halides is 3. The Hall–Kier alpha value is -6.06.